The second-order valence-electron chi connectivity index (χ2n) is 8.04. The van der Waals surface area contributed by atoms with Crippen LogP contribution in [0.2, 0.25) is 0 Å². The van der Waals surface area contributed by atoms with Crippen LogP contribution in [0.15, 0.2) is 53.4 Å². The average molecular weight is 498 g/mol. The van der Waals surface area contributed by atoms with Crippen molar-refractivity contribution in [1.82, 2.24) is 19.9 Å². The Morgan fingerprint density at radius 2 is 2.00 bits per heavy atom. The van der Waals surface area contributed by atoms with Gasteiger partial charge in [0.2, 0.25) is 0 Å². The van der Waals surface area contributed by atoms with Gasteiger partial charge in [-0.05, 0) is 50.5 Å². The van der Waals surface area contributed by atoms with Crippen LogP contribution in [-0.2, 0) is 4.74 Å². The van der Waals surface area contributed by atoms with Crippen LogP contribution in [0, 0.1) is 5.82 Å². The molecule has 1 N–H and O–H groups in total. The van der Waals surface area contributed by atoms with Gasteiger partial charge in [0.1, 0.15) is 30.0 Å². The minimum absolute atomic E-state index is 0.185. The van der Waals surface area contributed by atoms with Gasteiger partial charge in [0.05, 0.1) is 35.3 Å². The molecule has 2 aromatic heterocycles. The van der Waals surface area contributed by atoms with Crippen LogP contribution < -0.4 is 10.1 Å². The number of ether oxygens (including phenoxy) is 2. The number of likely N-dealkylation sites (N-methyl/N-ethyl adjacent to an activating group) is 1. The fraction of sp³-hybridized carbons (Fsp3) is 0.261. The zero-order chi connectivity index (χ0) is 22.3. The average Bonchev–Trinajstić information content (AvgIpc) is 2.74. The minimum atomic E-state index is -0.389. The monoisotopic (exact) mass is 497 g/mol. The molecule has 1 saturated heterocycles. The maximum absolute atomic E-state index is 15.2. The number of nitrogens with one attached hydrogen (secondary N) is 1. The molecule has 9 heteroatoms. The van der Waals surface area contributed by atoms with E-state index in [1.165, 1.54) is 6.33 Å². The highest BCUT2D eigenvalue weighted by molar-refractivity contribution is 9.10. The number of benzene rings is 2. The molecule has 5 rings (SSSR count). The summed E-state index contributed by atoms with van der Waals surface area (Å²) < 4.78 is 27.7. The highest BCUT2D eigenvalue weighted by Gasteiger charge is 2.42. The molecule has 4 aromatic rings. The first kappa shape index (κ1) is 21.0. The van der Waals surface area contributed by atoms with Gasteiger partial charge in [0, 0.05) is 16.1 Å². The number of anilines is 2. The molecular formula is C23H21BrFN5O2. The number of hydrogen-bond acceptors (Lipinski definition) is 7. The second-order valence-corrected chi connectivity index (χ2v) is 8.96. The van der Waals surface area contributed by atoms with Crippen LogP contribution in [0.3, 0.4) is 0 Å². The minimum Gasteiger partial charge on any atom is -0.491 e. The Bertz CT molecular complexity index is 1310. The van der Waals surface area contributed by atoms with Gasteiger partial charge in [0.25, 0.3) is 0 Å². The van der Waals surface area contributed by atoms with Crippen molar-refractivity contribution in [1.29, 1.82) is 0 Å². The van der Waals surface area contributed by atoms with E-state index in [0.717, 1.165) is 4.47 Å². The summed E-state index contributed by atoms with van der Waals surface area (Å²) in [5.74, 6) is 0.678. The lowest BCUT2D eigenvalue weighted by molar-refractivity contribution is -0.140. The third kappa shape index (κ3) is 3.66. The molecule has 0 atom stereocenters. The van der Waals surface area contributed by atoms with Crippen molar-refractivity contribution in [2.24, 2.45) is 0 Å². The van der Waals surface area contributed by atoms with Crippen molar-refractivity contribution >= 4 is 49.2 Å². The van der Waals surface area contributed by atoms with Gasteiger partial charge < -0.3 is 14.8 Å². The summed E-state index contributed by atoms with van der Waals surface area (Å²) in [5, 5.41) is 4.25. The third-order valence-corrected chi connectivity index (χ3v) is 6.28. The SMILES string of the molecule is CN(C)C1(COc2cc(Br)cc3ncnc(Nc4ccc5ncccc5c4F)c23)COC1. The molecular weight excluding hydrogens is 477 g/mol. The van der Waals surface area contributed by atoms with E-state index in [1.54, 1.807) is 30.5 Å². The number of rotatable bonds is 6. The van der Waals surface area contributed by atoms with Gasteiger partial charge in [-0.25, -0.2) is 14.4 Å². The van der Waals surface area contributed by atoms with Crippen molar-refractivity contribution in [3.63, 3.8) is 0 Å². The van der Waals surface area contributed by atoms with Crippen molar-refractivity contribution < 1.29 is 13.9 Å². The summed E-state index contributed by atoms with van der Waals surface area (Å²) >= 11 is 3.53. The lowest BCUT2D eigenvalue weighted by Crippen LogP contribution is -2.63. The Hall–Kier alpha value is -2.88. The van der Waals surface area contributed by atoms with Crippen molar-refractivity contribution in [2.45, 2.75) is 5.54 Å². The molecule has 7 nitrogen and oxygen atoms in total. The molecule has 1 fully saturated rings. The molecule has 1 aliphatic heterocycles. The molecule has 0 radical (unpaired) electrons. The summed E-state index contributed by atoms with van der Waals surface area (Å²) in [4.78, 5) is 15.1. The molecule has 0 spiro atoms. The molecule has 0 amide bonds. The molecule has 0 unspecified atom stereocenters. The number of pyridine rings is 1. The zero-order valence-corrected chi connectivity index (χ0v) is 19.2. The summed E-state index contributed by atoms with van der Waals surface area (Å²) in [7, 11) is 4.02. The lowest BCUT2D eigenvalue weighted by Gasteiger charge is -2.46. The summed E-state index contributed by atoms with van der Waals surface area (Å²) in [6.45, 7) is 1.64. The van der Waals surface area contributed by atoms with Gasteiger partial charge >= 0.3 is 0 Å². The molecule has 0 aliphatic carbocycles. The predicted molar refractivity (Wildman–Crippen MR) is 125 cm³/mol. The Labute approximate surface area is 192 Å². The van der Waals surface area contributed by atoms with Gasteiger partial charge in [-0.3, -0.25) is 9.88 Å². The van der Waals surface area contributed by atoms with E-state index in [1.807, 2.05) is 26.2 Å². The van der Waals surface area contributed by atoms with E-state index in [-0.39, 0.29) is 11.4 Å². The highest BCUT2D eigenvalue weighted by Crippen LogP contribution is 2.36. The number of aromatic nitrogens is 3. The standard InChI is InChI=1S/C23H21BrFN5O2/c1-30(2)23(10-31-11-23)12-32-19-9-14(24)8-18-20(19)22(28-13-27-18)29-17-6-5-16-15(21(17)25)4-3-7-26-16/h3-9,13H,10-12H2,1-2H3,(H,27,28,29). The summed E-state index contributed by atoms with van der Waals surface area (Å²) in [6, 6.07) is 10.6. The number of hydrogen-bond donors (Lipinski definition) is 1. The van der Waals surface area contributed by atoms with Crippen LogP contribution in [-0.4, -0.2) is 59.3 Å². The van der Waals surface area contributed by atoms with E-state index < -0.39 is 0 Å². The summed E-state index contributed by atoms with van der Waals surface area (Å²) in [6.07, 6.45) is 3.09. The van der Waals surface area contributed by atoms with Crippen molar-refractivity contribution in [2.75, 3.05) is 39.2 Å². The molecule has 0 bridgehead atoms. The number of halogens is 2. The topological polar surface area (TPSA) is 72.4 Å². The van der Waals surface area contributed by atoms with Gasteiger partial charge in [-0.15, -0.1) is 0 Å². The van der Waals surface area contributed by atoms with Gasteiger partial charge in [-0.1, -0.05) is 15.9 Å². The Balaban J connectivity index is 1.55. The third-order valence-electron chi connectivity index (χ3n) is 5.83. The Morgan fingerprint density at radius 3 is 2.75 bits per heavy atom. The van der Waals surface area contributed by atoms with Crippen LogP contribution >= 0.6 is 15.9 Å². The van der Waals surface area contributed by atoms with Crippen LogP contribution in [0.1, 0.15) is 0 Å². The van der Waals surface area contributed by atoms with Crippen LogP contribution in [0.5, 0.6) is 5.75 Å². The quantitative estimate of drug-likeness (QED) is 0.419. The van der Waals surface area contributed by atoms with E-state index in [9.17, 15) is 0 Å². The van der Waals surface area contributed by atoms with Gasteiger partial charge in [0.15, 0.2) is 5.82 Å². The van der Waals surface area contributed by atoms with Crippen molar-refractivity contribution in [3.05, 3.63) is 59.2 Å². The van der Waals surface area contributed by atoms with E-state index in [4.69, 9.17) is 9.47 Å². The molecule has 164 valence electrons. The first-order chi connectivity index (χ1) is 15.5. The number of fused-ring (bicyclic) bond motifs is 2. The van der Waals surface area contributed by atoms with E-state index in [2.05, 4.69) is 41.1 Å². The smallest absolute Gasteiger partial charge is 0.156 e. The lowest BCUT2D eigenvalue weighted by atomic mass is 9.97. The predicted octanol–water partition coefficient (Wildman–Crippen LogP) is 4.53. The van der Waals surface area contributed by atoms with Gasteiger partial charge in [-0.2, -0.15) is 0 Å². The van der Waals surface area contributed by atoms with E-state index >= 15 is 4.39 Å². The normalized spacial score (nSPS) is 15.2. The maximum Gasteiger partial charge on any atom is 0.156 e. The second kappa shape index (κ2) is 8.23. The fourth-order valence-electron chi connectivity index (χ4n) is 3.69. The Kier molecular flexibility index (Phi) is 5.40. The highest BCUT2D eigenvalue weighted by atomic mass is 79.9. The Morgan fingerprint density at radius 1 is 1.16 bits per heavy atom. The van der Waals surface area contributed by atoms with Crippen molar-refractivity contribution in [3.8, 4) is 5.75 Å². The van der Waals surface area contributed by atoms with E-state index in [0.29, 0.717) is 58.9 Å². The molecule has 3 heterocycles. The molecule has 2 aromatic carbocycles. The van der Waals surface area contributed by atoms with Crippen LogP contribution in [0.25, 0.3) is 21.8 Å². The zero-order valence-electron chi connectivity index (χ0n) is 17.6. The molecule has 0 saturated carbocycles. The first-order valence-electron chi connectivity index (χ1n) is 10.1. The fourth-order valence-corrected chi connectivity index (χ4v) is 4.12. The first-order valence-corrected chi connectivity index (χ1v) is 10.9. The molecule has 32 heavy (non-hydrogen) atoms. The van der Waals surface area contributed by atoms with Crippen LogP contribution in [0.4, 0.5) is 15.9 Å². The maximum atomic E-state index is 15.2. The summed E-state index contributed by atoms with van der Waals surface area (Å²) in [5.41, 5.74) is 1.39. The largest absolute Gasteiger partial charge is 0.491 e. The number of nitrogens with zero attached hydrogens (tertiary/aromatic N) is 4. The molecule has 1 aliphatic rings.